The molecule has 4 rings (SSSR count). The number of nitrogens with zero attached hydrogens (tertiary/aromatic N) is 1. The standard InChI is InChI=1S/C26H24N2O4/c1-18(21-15-16-23-22(21)13-8-14-24(23)32-17-25(29)30)26(31)27-28(19-9-4-2-5-10-19)20-11-6-3-7-12-20/h2-14,21H,1,15-17H2,(H,27,31)(H,29,30). The summed E-state index contributed by atoms with van der Waals surface area (Å²) < 4.78 is 5.44. The molecule has 3 aromatic rings. The summed E-state index contributed by atoms with van der Waals surface area (Å²) in [5.41, 5.74) is 7.01. The number of ether oxygens (including phenoxy) is 1. The third-order valence-corrected chi connectivity index (χ3v) is 5.53. The van der Waals surface area contributed by atoms with Crippen LogP contribution in [0.3, 0.4) is 0 Å². The second kappa shape index (κ2) is 9.39. The predicted molar refractivity (Wildman–Crippen MR) is 123 cm³/mol. The molecule has 1 atom stereocenters. The van der Waals surface area contributed by atoms with Crippen LogP contribution < -0.4 is 15.2 Å². The van der Waals surface area contributed by atoms with E-state index in [4.69, 9.17) is 9.84 Å². The van der Waals surface area contributed by atoms with Gasteiger partial charge in [-0.05, 0) is 54.3 Å². The van der Waals surface area contributed by atoms with E-state index in [1.807, 2.05) is 72.8 Å². The average Bonchev–Trinajstić information content (AvgIpc) is 3.26. The minimum Gasteiger partial charge on any atom is -0.482 e. The molecule has 32 heavy (non-hydrogen) atoms. The molecule has 2 N–H and O–H groups in total. The molecule has 0 aromatic heterocycles. The number of fused-ring (bicyclic) bond motifs is 1. The van der Waals surface area contributed by atoms with Crippen molar-refractivity contribution >= 4 is 23.3 Å². The number of hydrazine groups is 1. The summed E-state index contributed by atoms with van der Waals surface area (Å²) in [4.78, 5) is 24.1. The van der Waals surface area contributed by atoms with E-state index in [1.165, 1.54) is 0 Å². The highest BCUT2D eigenvalue weighted by Gasteiger charge is 2.31. The number of carbonyl (C=O) groups is 2. The van der Waals surface area contributed by atoms with Crippen molar-refractivity contribution in [2.45, 2.75) is 18.8 Å². The number of carbonyl (C=O) groups excluding carboxylic acids is 1. The van der Waals surface area contributed by atoms with Gasteiger partial charge in [-0.1, -0.05) is 55.1 Å². The molecule has 0 bridgehead atoms. The van der Waals surface area contributed by atoms with Gasteiger partial charge in [0.15, 0.2) is 6.61 Å². The molecule has 162 valence electrons. The highest BCUT2D eigenvalue weighted by Crippen LogP contribution is 2.42. The Morgan fingerprint density at radius 2 is 1.59 bits per heavy atom. The largest absolute Gasteiger partial charge is 0.482 e. The normalized spacial score (nSPS) is 14.3. The lowest BCUT2D eigenvalue weighted by Crippen LogP contribution is -2.40. The zero-order chi connectivity index (χ0) is 22.5. The van der Waals surface area contributed by atoms with Crippen LogP contribution in [-0.4, -0.2) is 23.6 Å². The van der Waals surface area contributed by atoms with Crippen molar-refractivity contribution in [1.29, 1.82) is 0 Å². The fraction of sp³-hybridized carbons (Fsp3) is 0.154. The third kappa shape index (κ3) is 4.49. The molecule has 0 fully saturated rings. The van der Waals surface area contributed by atoms with E-state index in [-0.39, 0.29) is 11.8 Å². The summed E-state index contributed by atoms with van der Waals surface area (Å²) >= 11 is 0. The maximum atomic E-state index is 13.2. The monoisotopic (exact) mass is 428 g/mol. The number of hydrogen-bond donors (Lipinski definition) is 2. The van der Waals surface area contributed by atoms with Gasteiger partial charge in [0.05, 0.1) is 11.4 Å². The first-order valence-electron chi connectivity index (χ1n) is 10.4. The fourth-order valence-corrected chi connectivity index (χ4v) is 4.02. The number of amides is 1. The van der Waals surface area contributed by atoms with Gasteiger partial charge in [0.25, 0.3) is 5.91 Å². The molecule has 6 nitrogen and oxygen atoms in total. The highest BCUT2D eigenvalue weighted by molar-refractivity contribution is 5.96. The Hall–Kier alpha value is -4.06. The molecule has 0 spiro atoms. The minimum absolute atomic E-state index is 0.160. The first-order valence-corrected chi connectivity index (χ1v) is 10.4. The summed E-state index contributed by atoms with van der Waals surface area (Å²) in [5, 5.41) is 10.7. The molecule has 0 saturated carbocycles. The Morgan fingerprint density at radius 3 is 2.19 bits per heavy atom. The number of para-hydroxylation sites is 2. The van der Waals surface area contributed by atoms with Gasteiger partial charge in [0.2, 0.25) is 0 Å². The number of hydrogen-bond acceptors (Lipinski definition) is 4. The Morgan fingerprint density at radius 1 is 0.969 bits per heavy atom. The van der Waals surface area contributed by atoms with Crippen LogP contribution in [0.2, 0.25) is 0 Å². The van der Waals surface area contributed by atoms with Gasteiger partial charge in [-0.3, -0.25) is 15.2 Å². The van der Waals surface area contributed by atoms with Crippen molar-refractivity contribution in [2.24, 2.45) is 0 Å². The number of rotatable bonds is 8. The third-order valence-electron chi connectivity index (χ3n) is 5.53. The molecule has 0 aliphatic heterocycles. The van der Waals surface area contributed by atoms with Crippen molar-refractivity contribution in [2.75, 3.05) is 11.6 Å². The molecular formula is C26H24N2O4. The molecular weight excluding hydrogens is 404 g/mol. The SMILES string of the molecule is C=C(C(=O)NN(c1ccccc1)c1ccccc1)C1CCc2c(OCC(=O)O)cccc21. The first kappa shape index (κ1) is 21.2. The zero-order valence-electron chi connectivity index (χ0n) is 17.5. The van der Waals surface area contributed by atoms with Crippen LogP contribution in [0.1, 0.15) is 23.5 Å². The van der Waals surface area contributed by atoms with E-state index < -0.39 is 12.6 Å². The van der Waals surface area contributed by atoms with Crippen LogP contribution >= 0.6 is 0 Å². The molecule has 3 aromatic carbocycles. The molecule has 1 aliphatic rings. The lowest BCUT2D eigenvalue weighted by Gasteiger charge is -2.27. The first-order chi connectivity index (χ1) is 15.5. The van der Waals surface area contributed by atoms with Gasteiger partial charge in [0, 0.05) is 11.5 Å². The van der Waals surface area contributed by atoms with Crippen molar-refractivity contribution in [3.63, 3.8) is 0 Å². The van der Waals surface area contributed by atoms with Crippen LogP contribution in [0.4, 0.5) is 11.4 Å². The lowest BCUT2D eigenvalue weighted by molar-refractivity contribution is -0.139. The van der Waals surface area contributed by atoms with Crippen molar-refractivity contribution in [3.8, 4) is 5.75 Å². The molecule has 1 amide bonds. The zero-order valence-corrected chi connectivity index (χ0v) is 17.5. The summed E-state index contributed by atoms with van der Waals surface area (Å²) in [6.07, 6.45) is 1.41. The van der Waals surface area contributed by atoms with Gasteiger partial charge >= 0.3 is 5.97 Å². The summed E-state index contributed by atoms with van der Waals surface area (Å²) in [7, 11) is 0. The van der Waals surface area contributed by atoms with Crippen LogP contribution in [-0.2, 0) is 16.0 Å². The predicted octanol–water partition coefficient (Wildman–Crippen LogP) is 4.61. The maximum Gasteiger partial charge on any atom is 0.341 e. The molecule has 0 heterocycles. The number of benzene rings is 3. The van der Waals surface area contributed by atoms with E-state index in [9.17, 15) is 9.59 Å². The second-order valence-corrected chi connectivity index (χ2v) is 7.57. The van der Waals surface area contributed by atoms with Crippen LogP contribution in [0, 0.1) is 0 Å². The van der Waals surface area contributed by atoms with E-state index in [0.717, 1.165) is 22.5 Å². The summed E-state index contributed by atoms with van der Waals surface area (Å²) in [5.74, 6) is -0.905. The smallest absolute Gasteiger partial charge is 0.341 e. The molecule has 0 saturated heterocycles. The summed E-state index contributed by atoms with van der Waals surface area (Å²) in [6.45, 7) is 3.71. The number of nitrogens with one attached hydrogen (secondary N) is 1. The summed E-state index contributed by atoms with van der Waals surface area (Å²) in [6, 6.07) is 24.7. The van der Waals surface area contributed by atoms with E-state index in [1.54, 1.807) is 11.1 Å². The van der Waals surface area contributed by atoms with E-state index >= 15 is 0 Å². The number of aliphatic carboxylic acids is 1. The molecule has 6 heteroatoms. The number of carboxylic acids is 1. The number of anilines is 2. The Kier molecular flexibility index (Phi) is 6.22. The van der Waals surface area contributed by atoms with Gasteiger partial charge in [0.1, 0.15) is 5.75 Å². The highest BCUT2D eigenvalue weighted by atomic mass is 16.5. The number of carboxylic acid groups (broad SMARTS) is 1. The lowest BCUT2D eigenvalue weighted by atomic mass is 9.93. The van der Waals surface area contributed by atoms with Crippen LogP contribution in [0.25, 0.3) is 0 Å². The molecule has 1 aliphatic carbocycles. The van der Waals surface area contributed by atoms with E-state index in [0.29, 0.717) is 24.2 Å². The Labute approximate surface area is 186 Å². The van der Waals surface area contributed by atoms with Gasteiger partial charge in [-0.2, -0.15) is 0 Å². The van der Waals surface area contributed by atoms with Gasteiger partial charge in [-0.25, -0.2) is 4.79 Å². The van der Waals surface area contributed by atoms with E-state index in [2.05, 4.69) is 12.0 Å². The van der Waals surface area contributed by atoms with Gasteiger partial charge < -0.3 is 9.84 Å². The molecule has 0 radical (unpaired) electrons. The fourth-order valence-electron chi connectivity index (χ4n) is 4.02. The molecule has 1 unspecified atom stereocenters. The quantitative estimate of drug-likeness (QED) is 0.405. The Balaban J connectivity index is 1.55. The van der Waals surface area contributed by atoms with Gasteiger partial charge in [-0.15, -0.1) is 0 Å². The topological polar surface area (TPSA) is 78.9 Å². The van der Waals surface area contributed by atoms with Crippen molar-refractivity contribution < 1.29 is 19.4 Å². The average molecular weight is 428 g/mol. The van der Waals surface area contributed by atoms with Crippen LogP contribution in [0.15, 0.2) is 91.0 Å². The van der Waals surface area contributed by atoms with Crippen molar-refractivity contribution in [1.82, 2.24) is 5.43 Å². The Bertz CT molecular complexity index is 1090. The van der Waals surface area contributed by atoms with Crippen molar-refractivity contribution in [3.05, 3.63) is 102 Å². The van der Waals surface area contributed by atoms with Crippen LogP contribution in [0.5, 0.6) is 5.75 Å². The maximum absolute atomic E-state index is 13.2. The minimum atomic E-state index is -1.03. The second-order valence-electron chi connectivity index (χ2n) is 7.57.